The minimum absolute atomic E-state index is 0.184. The van der Waals surface area contributed by atoms with Crippen LogP contribution in [0, 0.1) is 0 Å². The van der Waals surface area contributed by atoms with Gasteiger partial charge in [-0.3, -0.25) is 4.79 Å². The maximum Gasteiger partial charge on any atom is 0.220 e. The lowest BCUT2D eigenvalue weighted by atomic mass is 10.1. The maximum absolute atomic E-state index is 10.6. The van der Waals surface area contributed by atoms with Crippen molar-refractivity contribution in [3.05, 3.63) is 36.0 Å². The van der Waals surface area contributed by atoms with Crippen molar-refractivity contribution in [3.63, 3.8) is 0 Å². The SMILES string of the molecule is CCc1cccc(-c2nc(N)ncc2NC=O)c1. The number of nitrogens with one attached hydrogen (secondary N) is 1. The van der Waals surface area contributed by atoms with E-state index in [-0.39, 0.29) is 5.95 Å². The van der Waals surface area contributed by atoms with Crippen LogP contribution in [-0.2, 0) is 11.2 Å². The van der Waals surface area contributed by atoms with Gasteiger partial charge in [-0.2, -0.15) is 0 Å². The van der Waals surface area contributed by atoms with Crippen molar-refractivity contribution in [2.75, 3.05) is 11.1 Å². The van der Waals surface area contributed by atoms with Crippen LogP contribution in [0.2, 0.25) is 0 Å². The average Bonchev–Trinajstić information content (AvgIpc) is 2.41. The van der Waals surface area contributed by atoms with Crippen LogP contribution in [0.25, 0.3) is 11.3 Å². The Morgan fingerprint density at radius 2 is 2.28 bits per heavy atom. The Bertz CT molecular complexity index is 569. The standard InChI is InChI=1S/C13H14N4O/c1-2-9-4-3-5-10(6-9)12-11(16-8-18)7-15-13(14)17-12/h3-8H,2H2,1H3,(H,16,18)(H2,14,15,17). The molecule has 0 aliphatic carbocycles. The molecule has 1 aromatic heterocycles. The van der Waals surface area contributed by atoms with E-state index in [9.17, 15) is 4.79 Å². The summed E-state index contributed by atoms with van der Waals surface area (Å²) in [4.78, 5) is 18.6. The molecule has 92 valence electrons. The number of hydrogen-bond acceptors (Lipinski definition) is 4. The van der Waals surface area contributed by atoms with Gasteiger partial charge in [-0.25, -0.2) is 9.97 Å². The molecule has 0 aliphatic heterocycles. The zero-order valence-corrected chi connectivity index (χ0v) is 10.1. The molecule has 0 aliphatic rings. The third-order valence-electron chi connectivity index (χ3n) is 2.63. The number of hydrogen-bond donors (Lipinski definition) is 2. The average molecular weight is 242 g/mol. The summed E-state index contributed by atoms with van der Waals surface area (Å²) >= 11 is 0. The number of carbonyl (C=O) groups is 1. The minimum Gasteiger partial charge on any atom is -0.368 e. The van der Waals surface area contributed by atoms with Gasteiger partial charge in [0.25, 0.3) is 0 Å². The Morgan fingerprint density at radius 3 is 3.00 bits per heavy atom. The van der Waals surface area contributed by atoms with Crippen LogP contribution >= 0.6 is 0 Å². The number of anilines is 2. The van der Waals surface area contributed by atoms with Gasteiger partial charge >= 0.3 is 0 Å². The summed E-state index contributed by atoms with van der Waals surface area (Å²) in [6, 6.07) is 7.95. The fourth-order valence-corrected chi connectivity index (χ4v) is 1.72. The molecular weight excluding hydrogens is 228 g/mol. The first kappa shape index (κ1) is 12.0. The van der Waals surface area contributed by atoms with Gasteiger partial charge < -0.3 is 11.1 Å². The third kappa shape index (κ3) is 2.45. The summed E-state index contributed by atoms with van der Waals surface area (Å²) in [5.74, 6) is 0.184. The van der Waals surface area contributed by atoms with Gasteiger partial charge in [-0.15, -0.1) is 0 Å². The van der Waals surface area contributed by atoms with Crippen molar-refractivity contribution < 1.29 is 4.79 Å². The summed E-state index contributed by atoms with van der Waals surface area (Å²) < 4.78 is 0. The number of amides is 1. The van der Waals surface area contributed by atoms with Crippen molar-refractivity contribution in [1.29, 1.82) is 0 Å². The first-order valence-electron chi connectivity index (χ1n) is 5.66. The monoisotopic (exact) mass is 242 g/mol. The number of nitrogen functional groups attached to an aromatic ring is 1. The molecular formula is C13H14N4O. The van der Waals surface area contributed by atoms with Crippen LogP contribution in [0.5, 0.6) is 0 Å². The summed E-state index contributed by atoms with van der Waals surface area (Å²) in [6.45, 7) is 2.08. The van der Waals surface area contributed by atoms with E-state index in [1.165, 1.54) is 11.8 Å². The highest BCUT2D eigenvalue weighted by Gasteiger charge is 2.08. The van der Waals surface area contributed by atoms with Crippen LogP contribution in [-0.4, -0.2) is 16.4 Å². The zero-order valence-electron chi connectivity index (χ0n) is 10.1. The maximum atomic E-state index is 10.6. The molecule has 0 saturated heterocycles. The summed E-state index contributed by atoms with van der Waals surface area (Å²) in [7, 11) is 0. The second kappa shape index (κ2) is 5.27. The van der Waals surface area contributed by atoms with Crippen LogP contribution < -0.4 is 11.1 Å². The smallest absolute Gasteiger partial charge is 0.220 e. The highest BCUT2D eigenvalue weighted by atomic mass is 16.1. The number of aryl methyl sites for hydroxylation is 1. The summed E-state index contributed by atoms with van der Waals surface area (Å²) in [5.41, 5.74) is 8.88. The molecule has 1 heterocycles. The van der Waals surface area contributed by atoms with Gasteiger partial charge in [0.15, 0.2) is 0 Å². The molecule has 0 saturated carbocycles. The van der Waals surface area contributed by atoms with Gasteiger partial charge in [0, 0.05) is 5.56 Å². The number of aromatic nitrogens is 2. The first-order valence-corrected chi connectivity index (χ1v) is 5.66. The number of carbonyl (C=O) groups excluding carboxylic acids is 1. The van der Waals surface area contributed by atoms with E-state index < -0.39 is 0 Å². The largest absolute Gasteiger partial charge is 0.368 e. The molecule has 0 spiro atoms. The molecule has 2 rings (SSSR count). The predicted molar refractivity (Wildman–Crippen MR) is 70.9 cm³/mol. The molecule has 5 nitrogen and oxygen atoms in total. The van der Waals surface area contributed by atoms with Gasteiger partial charge in [-0.1, -0.05) is 25.1 Å². The van der Waals surface area contributed by atoms with Crippen LogP contribution in [0.15, 0.2) is 30.5 Å². The van der Waals surface area contributed by atoms with E-state index in [0.717, 1.165) is 12.0 Å². The number of rotatable bonds is 4. The predicted octanol–water partition coefficient (Wildman–Crippen LogP) is 1.86. The number of nitrogens with zero attached hydrogens (tertiary/aromatic N) is 2. The van der Waals surface area contributed by atoms with E-state index in [4.69, 9.17) is 5.73 Å². The fourth-order valence-electron chi connectivity index (χ4n) is 1.72. The van der Waals surface area contributed by atoms with Gasteiger partial charge in [0.05, 0.1) is 17.6 Å². The lowest BCUT2D eigenvalue weighted by Crippen LogP contribution is -2.03. The second-order valence-corrected chi connectivity index (χ2v) is 3.81. The lowest BCUT2D eigenvalue weighted by molar-refractivity contribution is -0.105. The van der Waals surface area contributed by atoms with Crippen molar-refractivity contribution in [2.45, 2.75) is 13.3 Å². The minimum atomic E-state index is 0.184. The number of nitrogens with two attached hydrogens (primary N) is 1. The fraction of sp³-hybridized carbons (Fsp3) is 0.154. The topological polar surface area (TPSA) is 80.9 Å². The van der Waals surface area contributed by atoms with E-state index in [1.54, 1.807) is 0 Å². The third-order valence-corrected chi connectivity index (χ3v) is 2.63. The van der Waals surface area contributed by atoms with Crippen LogP contribution in [0.1, 0.15) is 12.5 Å². The Labute approximate surface area is 105 Å². The second-order valence-electron chi connectivity index (χ2n) is 3.81. The Kier molecular flexibility index (Phi) is 3.52. The summed E-state index contributed by atoms with van der Waals surface area (Å²) in [5, 5.41) is 2.58. The molecule has 18 heavy (non-hydrogen) atoms. The molecule has 2 aromatic rings. The van der Waals surface area contributed by atoms with Crippen molar-refractivity contribution in [1.82, 2.24) is 9.97 Å². The Hall–Kier alpha value is -2.43. The molecule has 0 fully saturated rings. The molecule has 5 heteroatoms. The van der Waals surface area contributed by atoms with Gasteiger partial charge in [-0.05, 0) is 18.1 Å². The quantitative estimate of drug-likeness (QED) is 0.802. The van der Waals surface area contributed by atoms with Crippen LogP contribution in [0.4, 0.5) is 11.6 Å². The van der Waals surface area contributed by atoms with Crippen molar-refractivity contribution >= 4 is 18.0 Å². The lowest BCUT2D eigenvalue weighted by Gasteiger charge is -2.08. The number of benzene rings is 1. The van der Waals surface area contributed by atoms with Crippen LogP contribution in [0.3, 0.4) is 0 Å². The molecule has 1 aromatic carbocycles. The van der Waals surface area contributed by atoms with Crippen molar-refractivity contribution in [2.24, 2.45) is 0 Å². The first-order chi connectivity index (χ1) is 8.74. The highest BCUT2D eigenvalue weighted by molar-refractivity contribution is 5.82. The molecule has 3 N–H and O–H groups in total. The molecule has 0 atom stereocenters. The molecule has 1 amide bonds. The van der Waals surface area contributed by atoms with Crippen molar-refractivity contribution in [3.8, 4) is 11.3 Å². The molecule has 0 bridgehead atoms. The van der Waals surface area contributed by atoms with E-state index in [0.29, 0.717) is 17.8 Å². The van der Waals surface area contributed by atoms with E-state index >= 15 is 0 Å². The highest BCUT2D eigenvalue weighted by Crippen LogP contribution is 2.26. The Balaban J connectivity index is 2.53. The molecule has 0 unspecified atom stereocenters. The summed E-state index contributed by atoms with van der Waals surface area (Å²) in [6.07, 6.45) is 3.04. The molecule has 0 radical (unpaired) electrons. The Morgan fingerprint density at radius 1 is 1.44 bits per heavy atom. The van der Waals surface area contributed by atoms with Gasteiger partial charge in [0.1, 0.15) is 0 Å². The zero-order chi connectivity index (χ0) is 13.0. The van der Waals surface area contributed by atoms with Gasteiger partial charge in [0.2, 0.25) is 12.4 Å². The van der Waals surface area contributed by atoms with E-state index in [1.807, 2.05) is 24.3 Å². The normalized spacial score (nSPS) is 10.1. The van der Waals surface area contributed by atoms with E-state index in [2.05, 4.69) is 22.2 Å².